The number of nitrogens with one attached hydrogen (secondary N) is 1. The van der Waals surface area contributed by atoms with Crippen LogP contribution in [0.25, 0.3) is 0 Å². The Labute approximate surface area is 171 Å². The van der Waals surface area contributed by atoms with Crippen molar-refractivity contribution in [2.75, 3.05) is 44.7 Å². The van der Waals surface area contributed by atoms with Crippen LogP contribution in [0, 0.1) is 0 Å². The average Bonchev–Trinajstić information content (AvgIpc) is 3.16. The maximum atomic E-state index is 10.0. The minimum Gasteiger partial charge on any atom is -0.506 e. The average molecular weight is 470 g/mol. The number of guanidine groups is 1. The van der Waals surface area contributed by atoms with E-state index < -0.39 is 0 Å². The molecule has 7 nitrogen and oxygen atoms in total. The largest absolute Gasteiger partial charge is 0.506 e. The highest BCUT2D eigenvalue weighted by Crippen LogP contribution is 2.27. The number of aromatic hydroxyl groups is 1. The van der Waals surface area contributed by atoms with Crippen molar-refractivity contribution in [3.05, 3.63) is 42.7 Å². The minimum absolute atomic E-state index is 0. The van der Waals surface area contributed by atoms with Crippen LogP contribution in [0.3, 0.4) is 0 Å². The van der Waals surface area contributed by atoms with Crippen molar-refractivity contribution in [3.63, 3.8) is 0 Å². The van der Waals surface area contributed by atoms with Gasteiger partial charge in [0.05, 0.1) is 5.69 Å². The molecular weight excluding hydrogens is 443 g/mol. The standard InChI is InChI=1S/C18H26N6O.HI/c1-19-18(20-8-4-10-24-11-5-9-21-24)23-14-12-22(13-15-23)16-6-2-3-7-17(16)25;/h2-3,5-7,9,11,25H,4,8,10,12-15H2,1H3,(H,19,20);1H. The van der Waals surface area contributed by atoms with Crippen LogP contribution in [-0.4, -0.2) is 65.5 Å². The van der Waals surface area contributed by atoms with Crippen molar-refractivity contribution in [2.45, 2.75) is 13.0 Å². The van der Waals surface area contributed by atoms with Crippen LogP contribution in [0.2, 0.25) is 0 Å². The molecule has 8 heteroatoms. The lowest BCUT2D eigenvalue weighted by Gasteiger charge is -2.37. The third-order valence-corrected chi connectivity index (χ3v) is 4.42. The van der Waals surface area contributed by atoms with Gasteiger partial charge in [0, 0.05) is 58.7 Å². The molecule has 0 saturated carbocycles. The fraction of sp³-hybridized carbons (Fsp3) is 0.444. The summed E-state index contributed by atoms with van der Waals surface area (Å²) in [6, 6.07) is 9.46. The molecule has 0 atom stereocenters. The smallest absolute Gasteiger partial charge is 0.193 e. The molecule has 1 aliphatic heterocycles. The zero-order chi connectivity index (χ0) is 17.5. The number of anilines is 1. The summed E-state index contributed by atoms with van der Waals surface area (Å²) in [5.74, 6) is 1.29. The van der Waals surface area contributed by atoms with Gasteiger partial charge in [-0.1, -0.05) is 12.1 Å². The van der Waals surface area contributed by atoms with Gasteiger partial charge in [-0.25, -0.2) is 0 Å². The zero-order valence-electron chi connectivity index (χ0n) is 15.1. The van der Waals surface area contributed by atoms with Gasteiger partial charge in [-0.15, -0.1) is 24.0 Å². The molecule has 1 fully saturated rings. The number of aromatic nitrogens is 2. The Bertz CT molecular complexity index is 683. The molecular formula is C18H27IN6O. The Kier molecular flexibility index (Phi) is 8.02. The van der Waals surface area contributed by atoms with Crippen LogP contribution in [-0.2, 0) is 6.54 Å². The minimum atomic E-state index is 0. The molecule has 1 saturated heterocycles. The van der Waals surface area contributed by atoms with Gasteiger partial charge in [-0.2, -0.15) is 5.10 Å². The van der Waals surface area contributed by atoms with E-state index in [0.29, 0.717) is 5.75 Å². The summed E-state index contributed by atoms with van der Waals surface area (Å²) >= 11 is 0. The molecule has 2 heterocycles. The summed E-state index contributed by atoms with van der Waals surface area (Å²) in [6.07, 6.45) is 4.78. The number of rotatable bonds is 5. The van der Waals surface area contributed by atoms with Gasteiger partial charge >= 0.3 is 0 Å². The second-order valence-electron chi connectivity index (χ2n) is 6.06. The first-order chi connectivity index (χ1) is 12.3. The van der Waals surface area contributed by atoms with E-state index in [0.717, 1.165) is 57.3 Å². The first-order valence-electron chi connectivity index (χ1n) is 8.74. The van der Waals surface area contributed by atoms with Crippen LogP contribution in [0.5, 0.6) is 5.75 Å². The summed E-state index contributed by atoms with van der Waals surface area (Å²) in [4.78, 5) is 8.89. The molecule has 1 aromatic carbocycles. The van der Waals surface area contributed by atoms with Crippen LogP contribution in [0.4, 0.5) is 5.69 Å². The maximum absolute atomic E-state index is 10.0. The topological polar surface area (TPSA) is 68.9 Å². The molecule has 0 radical (unpaired) electrons. The third-order valence-electron chi connectivity index (χ3n) is 4.42. The second kappa shape index (κ2) is 10.2. The number of nitrogens with zero attached hydrogens (tertiary/aromatic N) is 5. The van der Waals surface area contributed by atoms with E-state index in [9.17, 15) is 5.11 Å². The van der Waals surface area contributed by atoms with Crippen LogP contribution < -0.4 is 10.2 Å². The molecule has 3 rings (SSSR count). The highest BCUT2D eigenvalue weighted by Gasteiger charge is 2.21. The number of para-hydroxylation sites is 2. The molecule has 0 bridgehead atoms. The van der Waals surface area contributed by atoms with Gasteiger partial charge in [0.1, 0.15) is 5.75 Å². The predicted molar refractivity (Wildman–Crippen MR) is 116 cm³/mol. The van der Waals surface area contributed by atoms with E-state index in [2.05, 4.69) is 25.2 Å². The normalized spacial score (nSPS) is 14.9. The molecule has 0 unspecified atom stereocenters. The molecule has 2 N–H and O–H groups in total. The Morgan fingerprint density at radius 1 is 1.19 bits per heavy atom. The van der Waals surface area contributed by atoms with Crippen LogP contribution in [0.15, 0.2) is 47.7 Å². The fourth-order valence-corrected chi connectivity index (χ4v) is 3.10. The summed E-state index contributed by atoms with van der Waals surface area (Å²) in [6.45, 7) is 5.27. The molecule has 1 aromatic heterocycles. The van der Waals surface area contributed by atoms with Crippen molar-refractivity contribution in [2.24, 2.45) is 4.99 Å². The van der Waals surface area contributed by atoms with Crippen LogP contribution >= 0.6 is 24.0 Å². The highest BCUT2D eigenvalue weighted by atomic mass is 127. The quantitative estimate of drug-likeness (QED) is 0.303. The van der Waals surface area contributed by atoms with Crippen LogP contribution in [0.1, 0.15) is 6.42 Å². The van der Waals surface area contributed by atoms with Gasteiger partial charge in [0.25, 0.3) is 0 Å². The Hall–Kier alpha value is -1.97. The molecule has 2 aromatic rings. The highest BCUT2D eigenvalue weighted by molar-refractivity contribution is 14.0. The number of halogens is 1. The van der Waals surface area contributed by atoms with Gasteiger partial charge in [0.2, 0.25) is 0 Å². The number of phenols is 1. The van der Waals surface area contributed by atoms with Gasteiger partial charge < -0.3 is 20.2 Å². The monoisotopic (exact) mass is 470 g/mol. The number of aliphatic imine (C=N–C) groups is 1. The van der Waals surface area contributed by atoms with E-state index in [4.69, 9.17) is 0 Å². The number of hydrogen-bond donors (Lipinski definition) is 2. The second-order valence-corrected chi connectivity index (χ2v) is 6.06. The Morgan fingerprint density at radius 2 is 1.96 bits per heavy atom. The number of aryl methyl sites for hydroxylation is 1. The maximum Gasteiger partial charge on any atom is 0.193 e. The molecule has 0 amide bonds. The molecule has 1 aliphatic rings. The van der Waals surface area contributed by atoms with Gasteiger partial charge in [0.15, 0.2) is 5.96 Å². The van der Waals surface area contributed by atoms with Crippen molar-refractivity contribution >= 4 is 35.6 Å². The fourth-order valence-electron chi connectivity index (χ4n) is 3.10. The summed E-state index contributed by atoms with van der Waals surface area (Å²) in [5.41, 5.74) is 0.907. The van der Waals surface area contributed by atoms with Crippen molar-refractivity contribution in [1.29, 1.82) is 0 Å². The van der Waals surface area contributed by atoms with Gasteiger partial charge in [-0.3, -0.25) is 9.67 Å². The van der Waals surface area contributed by atoms with Crippen molar-refractivity contribution < 1.29 is 5.11 Å². The van der Waals surface area contributed by atoms with Crippen molar-refractivity contribution in [1.82, 2.24) is 20.0 Å². The van der Waals surface area contributed by atoms with E-state index in [-0.39, 0.29) is 24.0 Å². The molecule has 26 heavy (non-hydrogen) atoms. The number of piperazine rings is 1. The Balaban J connectivity index is 0.00000243. The first-order valence-corrected chi connectivity index (χ1v) is 8.74. The summed E-state index contributed by atoms with van der Waals surface area (Å²) in [5, 5.41) is 17.7. The van der Waals surface area contributed by atoms with E-state index in [1.54, 1.807) is 12.3 Å². The SMILES string of the molecule is CN=C(NCCCn1cccn1)N1CCN(c2ccccc2O)CC1.I. The van der Waals surface area contributed by atoms with E-state index in [1.807, 2.05) is 42.2 Å². The number of benzene rings is 1. The number of phenolic OH excluding ortho intramolecular Hbond substituents is 1. The molecule has 142 valence electrons. The molecule has 0 spiro atoms. The third kappa shape index (κ3) is 5.26. The summed E-state index contributed by atoms with van der Waals surface area (Å²) in [7, 11) is 1.82. The lowest BCUT2D eigenvalue weighted by molar-refractivity contribution is 0.369. The first kappa shape index (κ1) is 20.3. The van der Waals surface area contributed by atoms with Crippen molar-refractivity contribution in [3.8, 4) is 5.75 Å². The summed E-state index contributed by atoms with van der Waals surface area (Å²) < 4.78 is 1.94. The molecule has 0 aliphatic carbocycles. The lowest BCUT2D eigenvalue weighted by Crippen LogP contribution is -2.52. The lowest BCUT2D eigenvalue weighted by atomic mass is 10.2. The zero-order valence-corrected chi connectivity index (χ0v) is 17.4. The Morgan fingerprint density at radius 3 is 2.62 bits per heavy atom. The number of hydrogen-bond acceptors (Lipinski definition) is 4. The van der Waals surface area contributed by atoms with Gasteiger partial charge in [-0.05, 0) is 24.6 Å². The van der Waals surface area contributed by atoms with E-state index in [1.165, 1.54) is 0 Å². The predicted octanol–water partition coefficient (Wildman–Crippen LogP) is 1.99. The van der Waals surface area contributed by atoms with E-state index >= 15 is 0 Å².